The van der Waals surface area contributed by atoms with E-state index in [0.717, 1.165) is 0 Å². The van der Waals surface area contributed by atoms with Gasteiger partial charge in [-0.25, -0.2) is 4.79 Å². The number of hydroxylamine groups is 6. The average molecular weight is 658 g/mol. The first kappa shape index (κ1) is 38.6. The van der Waals surface area contributed by atoms with E-state index in [9.17, 15) is 34.8 Å². The van der Waals surface area contributed by atoms with E-state index in [1.807, 2.05) is 55.4 Å². The van der Waals surface area contributed by atoms with Crippen molar-refractivity contribution in [3.63, 3.8) is 0 Å². The molecular formula is C33H59N3O10. The largest absolute Gasteiger partial charge is 0.393 e. The Balaban J connectivity index is 1.92. The molecule has 3 rings (SSSR count). The maximum Gasteiger partial charge on any atom is 0.358 e. The van der Waals surface area contributed by atoms with Crippen LogP contribution in [0.15, 0.2) is 0 Å². The molecular weight excluding hydrogens is 598 g/mol. The second-order valence-electron chi connectivity index (χ2n) is 17.6. The number of piperidine rings is 3. The van der Waals surface area contributed by atoms with Crippen LogP contribution in [0.2, 0.25) is 0 Å². The van der Waals surface area contributed by atoms with Gasteiger partial charge in [0, 0.05) is 0 Å². The van der Waals surface area contributed by atoms with Crippen molar-refractivity contribution in [3.05, 3.63) is 0 Å². The molecule has 3 saturated heterocycles. The summed E-state index contributed by atoms with van der Waals surface area (Å²) >= 11 is 0. The summed E-state index contributed by atoms with van der Waals surface area (Å²) in [4.78, 5) is 58.5. The van der Waals surface area contributed by atoms with Crippen molar-refractivity contribution in [2.75, 3.05) is 0 Å². The number of aliphatic hydroxyl groups is 4. The van der Waals surface area contributed by atoms with Crippen LogP contribution in [0.1, 0.15) is 134 Å². The topological polar surface area (TPSA) is 170 Å². The highest BCUT2D eigenvalue weighted by Crippen LogP contribution is 2.42. The molecule has 0 aromatic rings. The molecule has 3 aliphatic rings. The third-order valence-electron chi connectivity index (χ3n) is 9.52. The lowest BCUT2D eigenvalue weighted by Crippen LogP contribution is -2.64. The quantitative estimate of drug-likeness (QED) is 0.301. The van der Waals surface area contributed by atoms with Gasteiger partial charge >= 0.3 is 17.9 Å². The van der Waals surface area contributed by atoms with Gasteiger partial charge in [0.2, 0.25) is 0 Å². The van der Waals surface area contributed by atoms with E-state index < -0.39 is 87.9 Å². The summed E-state index contributed by atoms with van der Waals surface area (Å²) in [6.07, 6.45) is -1.86. The van der Waals surface area contributed by atoms with E-state index in [0.29, 0.717) is 25.7 Å². The van der Waals surface area contributed by atoms with Gasteiger partial charge in [0.25, 0.3) is 0 Å². The fourth-order valence-electron chi connectivity index (χ4n) is 8.49. The predicted octanol–water partition coefficient (Wildman–Crippen LogP) is 2.91. The van der Waals surface area contributed by atoms with Gasteiger partial charge < -0.3 is 34.9 Å². The summed E-state index contributed by atoms with van der Waals surface area (Å²) in [5.74, 6) is -3.18. The Kier molecular flexibility index (Phi) is 10.5. The zero-order valence-electron chi connectivity index (χ0n) is 30.0. The minimum absolute atomic E-state index is 0.280. The van der Waals surface area contributed by atoms with Crippen LogP contribution >= 0.6 is 0 Å². The lowest BCUT2D eigenvalue weighted by atomic mass is 9.80. The first-order valence-electron chi connectivity index (χ1n) is 16.3. The van der Waals surface area contributed by atoms with Crippen molar-refractivity contribution < 1.29 is 49.3 Å². The molecule has 0 radical (unpaired) electrons. The third kappa shape index (κ3) is 8.40. The zero-order valence-corrected chi connectivity index (χ0v) is 30.0. The Labute approximate surface area is 274 Å². The van der Waals surface area contributed by atoms with Crippen molar-refractivity contribution in [3.8, 4) is 0 Å². The van der Waals surface area contributed by atoms with Gasteiger partial charge in [-0.3, -0.25) is 9.59 Å². The van der Waals surface area contributed by atoms with Gasteiger partial charge in [-0.2, -0.15) is 0 Å². The average Bonchev–Trinajstić information content (AvgIpc) is 2.78. The van der Waals surface area contributed by atoms with Crippen LogP contribution in [0.3, 0.4) is 0 Å². The first-order chi connectivity index (χ1) is 20.5. The van der Waals surface area contributed by atoms with E-state index in [-0.39, 0.29) is 12.8 Å². The molecule has 3 fully saturated rings. The molecule has 0 saturated carbocycles. The molecule has 0 aliphatic carbocycles. The molecule has 13 heteroatoms. The molecule has 0 atom stereocenters. The minimum Gasteiger partial charge on any atom is -0.393 e. The van der Waals surface area contributed by atoms with Gasteiger partial charge in [-0.1, -0.05) is 0 Å². The SMILES string of the molecule is CC1(C)CC(O)CC(C)(C)N1OC(=O)CC(O)(CC(=O)ON1C(C)(C)CC(O)CC1(C)C)C(=O)ON1C(C)(C)CC(O)CC1(C)C. The highest BCUT2D eigenvalue weighted by molar-refractivity contribution is 5.90. The molecule has 13 nitrogen and oxygen atoms in total. The van der Waals surface area contributed by atoms with E-state index in [2.05, 4.69) is 0 Å². The number of hydrogen-bond donors (Lipinski definition) is 4. The van der Waals surface area contributed by atoms with Gasteiger partial charge in [-0.05, 0) is 122 Å². The summed E-state index contributed by atoms with van der Waals surface area (Å²) in [7, 11) is 0. The van der Waals surface area contributed by atoms with E-state index in [1.54, 1.807) is 27.7 Å². The molecule has 0 spiro atoms. The summed E-state index contributed by atoms with van der Waals surface area (Å²) in [6.45, 7) is 21.7. The summed E-state index contributed by atoms with van der Waals surface area (Å²) in [5.41, 5.74) is -7.46. The molecule has 0 unspecified atom stereocenters. The number of hydrogen-bond acceptors (Lipinski definition) is 13. The molecule has 3 aliphatic heterocycles. The number of nitrogens with zero attached hydrogens (tertiary/aromatic N) is 3. The molecule has 266 valence electrons. The Morgan fingerprint density at radius 3 is 0.978 bits per heavy atom. The molecule has 46 heavy (non-hydrogen) atoms. The van der Waals surface area contributed by atoms with Gasteiger partial charge in [0.1, 0.15) is 0 Å². The molecule has 3 heterocycles. The van der Waals surface area contributed by atoms with Gasteiger partial charge in [-0.15, -0.1) is 15.2 Å². The van der Waals surface area contributed by atoms with Crippen molar-refractivity contribution in [2.45, 2.75) is 192 Å². The van der Waals surface area contributed by atoms with E-state index >= 15 is 0 Å². The fourth-order valence-corrected chi connectivity index (χ4v) is 8.49. The van der Waals surface area contributed by atoms with Crippen LogP contribution < -0.4 is 0 Å². The maximum absolute atomic E-state index is 14.0. The van der Waals surface area contributed by atoms with Gasteiger partial charge in [0.15, 0.2) is 5.60 Å². The Hall–Kier alpha value is -1.87. The predicted molar refractivity (Wildman–Crippen MR) is 168 cm³/mol. The normalized spacial score (nSPS) is 27.1. The monoisotopic (exact) mass is 657 g/mol. The van der Waals surface area contributed by atoms with Crippen LogP contribution in [0.5, 0.6) is 0 Å². The van der Waals surface area contributed by atoms with Crippen LogP contribution in [0.4, 0.5) is 0 Å². The summed E-state index contributed by atoms with van der Waals surface area (Å²) < 4.78 is 0. The zero-order chi connectivity index (χ0) is 35.5. The number of rotatable bonds is 8. The van der Waals surface area contributed by atoms with E-state index in [1.165, 1.54) is 15.2 Å². The molecule has 0 bridgehead atoms. The van der Waals surface area contributed by atoms with Crippen LogP contribution in [-0.2, 0) is 28.9 Å². The summed E-state index contributed by atoms with van der Waals surface area (Å²) in [5, 5.41) is 47.6. The smallest absolute Gasteiger partial charge is 0.358 e. The Morgan fingerprint density at radius 1 is 0.522 bits per heavy atom. The number of carbonyl (C=O) groups is 3. The number of carbonyl (C=O) groups excluding carboxylic acids is 3. The lowest BCUT2D eigenvalue weighted by Gasteiger charge is -2.52. The minimum atomic E-state index is -2.69. The highest BCUT2D eigenvalue weighted by atomic mass is 16.7. The fraction of sp³-hybridized carbons (Fsp3) is 0.909. The van der Waals surface area contributed by atoms with Gasteiger partial charge in [0.05, 0.1) is 64.4 Å². The Bertz CT molecular complexity index is 1050. The molecule has 0 aromatic heterocycles. The van der Waals surface area contributed by atoms with Crippen LogP contribution in [0, 0.1) is 0 Å². The molecule has 4 N–H and O–H groups in total. The molecule has 0 aromatic carbocycles. The van der Waals surface area contributed by atoms with Crippen molar-refractivity contribution >= 4 is 17.9 Å². The van der Waals surface area contributed by atoms with Crippen LogP contribution in [0.25, 0.3) is 0 Å². The first-order valence-corrected chi connectivity index (χ1v) is 16.3. The maximum atomic E-state index is 14.0. The second-order valence-corrected chi connectivity index (χ2v) is 17.6. The van der Waals surface area contributed by atoms with Crippen molar-refractivity contribution in [2.24, 2.45) is 0 Å². The van der Waals surface area contributed by atoms with Crippen molar-refractivity contribution in [1.29, 1.82) is 0 Å². The lowest BCUT2D eigenvalue weighted by molar-refractivity contribution is -0.293. The standard InChI is InChI=1S/C33H59N3O10/c1-27(2)13-21(37)14-28(3,4)34(27)44-24(40)19-33(43,26(42)46-36-31(9,10)17-23(39)18-32(36,11)12)20-25(41)45-35-29(5,6)15-22(38)16-30(35,7)8/h21-23,37-39,43H,13-20H2,1-12H3. The van der Waals surface area contributed by atoms with Crippen molar-refractivity contribution in [1.82, 2.24) is 15.2 Å². The highest BCUT2D eigenvalue weighted by Gasteiger charge is 2.54. The molecule has 0 amide bonds. The third-order valence-corrected chi connectivity index (χ3v) is 9.52. The second kappa shape index (κ2) is 12.5. The Morgan fingerprint density at radius 2 is 0.739 bits per heavy atom. The number of aliphatic hydroxyl groups excluding tert-OH is 3. The summed E-state index contributed by atoms with van der Waals surface area (Å²) in [6, 6.07) is 0. The van der Waals surface area contributed by atoms with Crippen LogP contribution in [-0.4, -0.2) is 111 Å². The van der Waals surface area contributed by atoms with E-state index in [4.69, 9.17) is 14.5 Å².